The Kier molecular flexibility index (Phi) is 10.1. The zero-order valence-corrected chi connectivity index (χ0v) is 19.9. The highest BCUT2D eigenvalue weighted by Gasteiger charge is 2.19. The SMILES string of the molecule is CCCCCCOc1ccc(C(=O)Oc2ccc(CC[C@H]3CC[C@H](CC)CC3)nc2)cc1. The minimum atomic E-state index is -0.373. The summed E-state index contributed by atoms with van der Waals surface area (Å²) in [6, 6.07) is 11.0. The van der Waals surface area contributed by atoms with Crippen molar-refractivity contribution in [3.63, 3.8) is 0 Å². The second-order valence-electron chi connectivity index (χ2n) is 9.14. The summed E-state index contributed by atoms with van der Waals surface area (Å²) in [4.78, 5) is 16.9. The predicted octanol–water partition coefficient (Wildman–Crippen LogP) is 7.41. The van der Waals surface area contributed by atoms with Gasteiger partial charge in [-0.1, -0.05) is 65.2 Å². The summed E-state index contributed by atoms with van der Waals surface area (Å²) in [7, 11) is 0. The molecule has 0 N–H and O–H groups in total. The molecule has 0 aliphatic heterocycles. The summed E-state index contributed by atoms with van der Waals surface area (Å²) in [5.41, 5.74) is 1.58. The maximum absolute atomic E-state index is 12.4. The summed E-state index contributed by atoms with van der Waals surface area (Å²) in [6.45, 7) is 5.22. The smallest absolute Gasteiger partial charge is 0.343 e. The van der Waals surface area contributed by atoms with Crippen LogP contribution >= 0.6 is 0 Å². The zero-order valence-electron chi connectivity index (χ0n) is 19.9. The first-order chi connectivity index (χ1) is 15.7. The lowest BCUT2D eigenvalue weighted by Gasteiger charge is -2.27. The molecule has 0 bridgehead atoms. The minimum absolute atomic E-state index is 0.373. The van der Waals surface area contributed by atoms with E-state index in [9.17, 15) is 4.79 Å². The number of hydrogen-bond donors (Lipinski definition) is 0. The Morgan fingerprint density at radius 2 is 1.62 bits per heavy atom. The lowest BCUT2D eigenvalue weighted by Crippen LogP contribution is -2.14. The Morgan fingerprint density at radius 3 is 2.28 bits per heavy atom. The Morgan fingerprint density at radius 1 is 0.906 bits per heavy atom. The van der Waals surface area contributed by atoms with Gasteiger partial charge in [-0.3, -0.25) is 4.98 Å². The number of nitrogens with zero attached hydrogens (tertiary/aromatic N) is 1. The Bertz CT molecular complexity index is 792. The van der Waals surface area contributed by atoms with Crippen LogP contribution in [0, 0.1) is 11.8 Å². The van der Waals surface area contributed by atoms with E-state index in [-0.39, 0.29) is 5.97 Å². The van der Waals surface area contributed by atoms with Crippen molar-refractivity contribution in [3.8, 4) is 11.5 Å². The normalized spacial score (nSPS) is 18.3. The van der Waals surface area contributed by atoms with Gasteiger partial charge in [0.2, 0.25) is 0 Å². The van der Waals surface area contributed by atoms with Crippen LogP contribution in [0.25, 0.3) is 0 Å². The van der Waals surface area contributed by atoms with Gasteiger partial charge in [0, 0.05) is 5.69 Å². The first-order valence-electron chi connectivity index (χ1n) is 12.6. The van der Waals surface area contributed by atoms with Crippen LogP contribution in [0.2, 0.25) is 0 Å². The molecule has 0 radical (unpaired) electrons. The number of carbonyl (C=O) groups excluding carboxylic acids is 1. The fraction of sp³-hybridized carbons (Fsp3) is 0.571. The predicted molar refractivity (Wildman–Crippen MR) is 129 cm³/mol. The highest BCUT2D eigenvalue weighted by atomic mass is 16.5. The molecule has 0 unspecified atom stereocenters. The maximum atomic E-state index is 12.4. The van der Waals surface area contributed by atoms with Crippen molar-refractivity contribution in [2.45, 2.75) is 84.5 Å². The quantitative estimate of drug-likeness (QED) is 0.256. The lowest BCUT2D eigenvalue weighted by molar-refractivity contribution is 0.0734. The van der Waals surface area contributed by atoms with Crippen molar-refractivity contribution in [1.82, 2.24) is 4.98 Å². The van der Waals surface area contributed by atoms with Gasteiger partial charge in [0.15, 0.2) is 0 Å². The van der Waals surface area contributed by atoms with Crippen LogP contribution in [0.15, 0.2) is 42.6 Å². The van der Waals surface area contributed by atoms with Gasteiger partial charge in [0.1, 0.15) is 11.5 Å². The molecule has 1 aliphatic carbocycles. The van der Waals surface area contributed by atoms with Crippen molar-refractivity contribution in [3.05, 3.63) is 53.9 Å². The number of esters is 1. The van der Waals surface area contributed by atoms with Crippen LogP contribution < -0.4 is 9.47 Å². The third kappa shape index (κ3) is 7.96. The largest absolute Gasteiger partial charge is 0.494 e. The van der Waals surface area contributed by atoms with E-state index in [0.717, 1.165) is 36.1 Å². The summed E-state index contributed by atoms with van der Waals surface area (Å²) in [5.74, 6) is 2.67. The molecule has 1 aromatic heterocycles. The van der Waals surface area contributed by atoms with Crippen LogP contribution in [-0.4, -0.2) is 17.6 Å². The molecule has 0 spiro atoms. The molecule has 1 saturated carbocycles. The second kappa shape index (κ2) is 13.2. The molecule has 1 aliphatic rings. The number of rotatable bonds is 12. The van der Waals surface area contributed by atoms with Crippen molar-refractivity contribution >= 4 is 5.97 Å². The average Bonchev–Trinajstić information content (AvgIpc) is 2.84. The molecule has 3 rings (SSSR count). The molecule has 174 valence electrons. The molecule has 32 heavy (non-hydrogen) atoms. The second-order valence-corrected chi connectivity index (χ2v) is 9.14. The van der Waals surface area contributed by atoms with Crippen molar-refractivity contribution in [2.24, 2.45) is 11.8 Å². The molecule has 1 fully saturated rings. The number of aromatic nitrogens is 1. The van der Waals surface area contributed by atoms with E-state index in [1.807, 2.05) is 24.3 Å². The summed E-state index contributed by atoms with van der Waals surface area (Å²) in [6.07, 6.45) is 15.4. The third-order valence-corrected chi connectivity index (χ3v) is 6.72. The minimum Gasteiger partial charge on any atom is -0.494 e. The van der Waals surface area contributed by atoms with Gasteiger partial charge in [0.05, 0.1) is 18.4 Å². The summed E-state index contributed by atoms with van der Waals surface area (Å²) in [5, 5.41) is 0. The van der Waals surface area contributed by atoms with Gasteiger partial charge in [-0.05, 0) is 67.5 Å². The van der Waals surface area contributed by atoms with Gasteiger partial charge < -0.3 is 9.47 Å². The number of hydrogen-bond acceptors (Lipinski definition) is 4. The highest BCUT2D eigenvalue weighted by Crippen LogP contribution is 2.33. The molecule has 0 amide bonds. The van der Waals surface area contributed by atoms with Gasteiger partial charge in [0.25, 0.3) is 0 Å². The number of ether oxygens (including phenoxy) is 2. The van der Waals surface area contributed by atoms with Crippen LogP contribution in [0.4, 0.5) is 0 Å². The fourth-order valence-corrected chi connectivity index (χ4v) is 4.47. The standard InChI is InChI=1S/C28H39NO3/c1-3-5-6-7-20-31-26-17-13-24(14-18-26)28(30)32-27-19-16-25(29-21-27)15-12-23-10-8-22(4-2)9-11-23/h13-14,16-19,21-23H,3-12,15,20H2,1-2H3/t22-,23-. The number of benzene rings is 1. The van der Waals surface area contributed by atoms with E-state index in [2.05, 4.69) is 18.8 Å². The first-order valence-corrected chi connectivity index (χ1v) is 12.6. The molecule has 1 heterocycles. The maximum Gasteiger partial charge on any atom is 0.343 e. The molecular formula is C28H39NO3. The van der Waals surface area contributed by atoms with E-state index in [1.165, 1.54) is 57.8 Å². The summed E-state index contributed by atoms with van der Waals surface area (Å²) < 4.78 is 11.2. The number of carbonyl (C=O) groups is 1. The van der Waals surface area contributed by atoms with Gasteiger partial charge in [-0.2, -0.15) is 0 Å². The Balaban J connectivity index is 1.40. The van der Waals surface area contributed by atoms with E-state index in [0.29, 0.717) is 17.9 Å². The molecule has 2 aromatic rings. The van der Waals surface area contributed by atoms with Crippen molar-refractivity contribution in [2.75, 3.05) is 6.61 Å². The zero-order chi connectivity index (χ0) is 22.6. The Hall–Kier alpha value is -2.36. The molecule has 0 atom stereocenters. The van der Waals surface area contributed by atoms with E-state index in [4.69, 9.17) is 9.47 Å². The van der Waals surface area contributed by atoms with Crippen LogP contribution in [0.1, 0.15) is 94.1 Å². The molecular weight excluding hydrogens is 398 g/mol. The van der Waals surface area contributed by atoms with E-state index >= 15 is 0 Å². The topological polar surface area (TPSA) is 48.4 Å². The third-order valence-electron chi connectivity index (χ3n) is 6.72. The number of pyridine rings is 1. The lowest BCUT2D eigenvalue weighted by atomic mass is 9.79. The molecule has 4 nitrogen and oxygen atoms in total. The monoisotopic (exact) mass is 437 g/mol. The van der Waals surface area contributed by atoms with Gasteiger partial charge >= 0.3 is 5.97 Å². The Labute approximate surface area is 193 Å². The fourth-order valence-electron chi connectivity index (χ4n) is 4.47. The number of aryl methyl sites for hydroxylation is 1. The molecule has 0 saturated heterocycles. The van der Waals surface area contributed by atoms with E-state index in [1.54, 1.807) is 18.3 Å². The molecule has 1 aromatic carbocycles. The van der Waals surface area contributed by atoms with E-state index < -0.39 is 0 Å². The average molecular weight is 438 g/mol. The highest BCUT2D eigenvalue weighted by molar-refractivity contribution is 5.91. The van der Waals surface area contributed by atoms with Crippen molar-refractivity contribution in [1.29, 1.82) is 0 Å². The van der Waals surface area contributed by atoms with Crippen LogP contribution in [-0.2, 0) is 6.42 Å². The van der Waals surface area contributed by atoms with Crippen molar-refractivity contribution < 1.29 is 14.3 Å². The summed E-state index contributed by atoms with van der Waals surface area (Å²) >= 11 is 0. The van der Waals surface area contributed by atoms with Crippen LogP contribution in [0.5, 0.6) is 11.5 Å². The first kappa shape index (κ1) is 24.3. The number of unbranched alkanes of at least 4 members (excludes halogenated alkanes) is 3. The van der Waals surface area contributed by atoms with Gasteiger partial charge in [-0.15, -0.1) is 0 Å². The van der Waals surface area contributed by atoms with Crippen LogP contribution in [0.3, 0.4) is 0 Å². The van der Waals surface area contributed by atoms with Gasteiger partial charge in [-0.25, -0.2) is 4.79 Å². The molecule has 4 heteroatoms.